The van der Waals surface area contributed by atoms with Gasteiger partial charge in [0.1, 0.15) is 0 Å². The van der Waals surface area contributed by atoms with E-state index in [4.69, 9.17) is 16.2 Å². The van der Waals surface area contributed by atoms with Crippen LogP contribution < -0.4 is 21.7 Å². The summed E-state index contributed by atoms with van der Waals surface area (Å²) in [6.45, 7) is 4.56. The van der Waals surface area contributed by atoms with Gasteiger partial charge in [-0.3, -0.25) is 14.5 Å². The summed E-state index contributed by atoms with van der Waals surface area (Å²) in [7, 11) is 0. The highest BCUT2D eigenvalue weighted by Gasteiger charge is 2.22. The topological polar surface area (TPSA) is 153 Å². The Labute approximate surface area is 186 Å². The normalized spacial score (nSPS) is 19.5. The highest BCUT2D eigenvalue weighted by Crippen LogP contribution is 2.22. The van der Waals surface area contributed by atoms with Gasteiger partial charge in [0.15, 0.2) is 17.3 Å². The number of anilines is 3. The van der Waals surface area contributed by atoms with E-state index in [9.17, 15) is 9.59 Å². The van der Waals surface area contributed by atoms with E-state index < -0.39 is 5.91 Å². The summed E-state index contributed by atoms with van der Waals surface area (Å²) >= 11 is 0. The Morgan fingerprint density at radius 3 is 2.56 bits per heavy atom. The smallest absolute Gasteiger partial charge is 0.273 e. The number of ether oxygens (including phenoxy) is 1. The molecule has 0 aliphatic carbocycles. The molecular weight excluding hydrogens is 412 g/mol. The van der Waals surface area contributed by atoms with Gasteiger partial charge in [-0.2, -0.15) is 4.98 Å². The molecule has 170 valence electrons. The summed E-state index contributed by atoms with van der Waals surface area (Å²) < 4.78 is 5.32. The third kappa shape index (κ3) is 5.36. The molecule has 0 saturated carbocycles. The standard InChI is InChI=1S/C21H28N8O3/c22-15-2-1-7-29(12-15)21-25-20(18(19(23)31)26-27-21)24-16-5-3-14(4-6-16)17(30)13-28-8-10-32-11-9-28/h3-6,15H,1-2,7-13,22H2,(H2,23,31)(H,24,25,27). The number of nitrogens with zero attached hydrogens (tertiary/aromatic N) is 5. The Morgan fingerprint density at radius 2 is 1.88 bits per heavy atom. The molecule has 2 aromatic rings. The van der Waals surface area contributed by atoms with Gasteiger partial charge in [-0.15, -0.1) is 10.2 Å². The number of nitrogens with one attached hydrogen (secondary N) is 1. The van der Waals surface area contributed by atoms with Crippen LogP contribution in [0.4, 0.5) is 17.5 Å². The summed E-state index contributed by atoms with van der Waals surface area (Å²) in [5, 5.41) is 11.1. The SMILES string of the molecule is NC(=O)c1nnc(N2CCCC(N)C2)nc1Nc1ccc(C(=O)CN2CCOCC2)cc1. The number of hydrogen-bond acceptors (Lipinski definition) is 10. The van der Waals surface area contributed by atoms with E-state index in [1.54, 1.807) is 24.3 Å². The highest BCUT2D eigenvalue weighted by atomic mass is 16.5. The van der Waals surface area contributed by atoms with E-state index >= 15 is 0 Å². The molecule has 5 N–H and O–H groups in total. The number of morpholine rings is 1. The summed E-state index contributed by atoms with van der Waals surface area (Å²) in [5.74, 6) is -0.0746. The van der Waals surface area contributed by atoms with Crippen molar-refractivity contribution >= 4 is 29.1 Å². The first-order chi connectivity index (χ1) is 15.5. The molecular formula is C21H28N8O3. The molecule has 1 unspecified atom stereocenters. The molecule has 0 spiro atoms. The van der Waals surface area contributed by atoms with Crippen molar-refractivity contribution in [3.8, 4) is 0 Å². The van der Waals surface area contributed by atoms with Crippen molar-refractivity contribution in [3.05, 3.63) is 35.5 Å². The van der Waals surface area contributed by atoms with E-state index in [1.807, 2.05) is 4.90 Å². The van der Waals surface area contributed by atoms with Gasteiger partial charge >= 0.3 is 0 Å². The number of nitrogens with two attached hydrogens (primary N) is 2. The summed E-state index contributed by atoms with van der Waals surface area (Å²) in [6, 6.07) is 7.05. The van der Waals surface area contributed by atoms with Crippen LogP contribution in [0.15, 0.2) is 24.3 Å². The van der Waals surface area contributed by atoms with Crippen LogP contribution in [0.25, 0.3) is 0 Å². The Kier molecular flexibility index (Phi) is 6.88. The molecule has 1 amide bonds. The predicted octanol–water partition coefficient (Wildman–Crippen LogP) is 0.157. The molecule has 32 heavy (non-hydrogen) atoms. The maximum absolute atomic E-state index is 12.6. The lowest BCUT2D eigenvalue weighted by Crippen LogP contribution is -2.43. The van der Waals surface area contributed by atoms with E-state index in [0.717, 1.165) is 32.5 Å². The van der Waals surface area contributed by atoms with Crippen molar-refractivity contribution in [1.29, 1.82) is 0 Å². The summed E-state index contributed by atoms with van der Waals surface area (Å²) in [6.07, 6.45) is 1.88. The summed E-state index contributed by atoms with van der Waals surface area (Å²) in [5.41, 5.74) is 12.7. The Bertz CT molecular complexity index is 962. The largest absolute Gasteiger partial charge is 0.379 e. The van der Waals surface area contributed by atoms with Crippen LogP contribution in [0, 0.1) is 0 Å². The van der Waals surface area contributed by atoms with Crippen LogP contribution in [0.5, 0.6) is 0 Å². The number of rotatable bonds is 7. The van der Waals surface area contributed by atoms with Gasteiger partial charge < -0.3 is 26.4 Å². The van der Waals surface area contributed by atoms with E-state index in [0.29, 0.717) is 43.5 Å². The average molecular weight is 441 g/mol. The number of benzene rings is 1. The molecule has 11 heteroatoms. The molecule has 2 aliphatic heterocycles. The van der Waals surface area contributed by atoms with Crippen molar-refractivity contribution in [1.82, 2.24) is 20.1 Å². The first-order valence-corrected chi connectivity index (χ1v) is 10.7. The monoisotopic (exact) mass is 440 g/mol. The highest BCUT2D eigenvalue weighted by molar-refractivity contribution is 5.98. The maximum atomic E-state index is 12.6. The number of Topliss-reactive ketones (excluding diaryl/α,β-unsaturated/α-hetero) is 1. The Morgan fingerprint density at radius 1 is 1.12 bits per heavy atom. The van der Waals surface area contributed by atoms with Gasteiger partial charge in [0, 0.05) is 43.5 Å². The number of carbonyl (C=O) groups is 2. The fraction of sp³-hybridized carbons (Fsp3) is 0.476. The van der Waals surface area contributed by atoms with E-state index in [-0.39, 0.29) is 23.3 Å². The lowest BCUT2D eigenvalue weighted by atomic mass is 10.1. The van der Waals surface area contributed by atoms with Gasteiger partial charge in [0.25, 0.3) is 5.91 Å². The van der Waals surface area contributed by atoms with Crippen LogP contribution in [-0.4, -0.2) is 83.8 Å². The molecule has 0 radical (unpaired) electrons. The van der Waals surface area contributed by atoms with Crippen molar-refractivity contribution < 1.29 is 14.3 Å². The van der Waals surface area contributed by atoms with Gasteiger partial charge in [0.2, 0.25) is 5.95 Å². The second-order valence-electron chi connectivity index (χ2n) is 8.04. The Balaban J connectivity index is 1.48. The fourth-order valence-electron chi connectivity index (χ4n) is 3.83. The van der Waals surface area contributed by atoms with Gasteiger partial charge in [-0.25, -0.2) is 0 Å². The molecule has 3 heterocycles. The zero-order valence-electron chi connectivity index (χ0n) is 17.9. The number of primary amides is 1. The average Bonchev–Trinajstić information content (AvgIpc) is 2.80. The van der Waals surface area contributed by atoms with E-state index in [1.165, 1.54) is 0 Å². The number of piperidine rings is 1. The van der Waals surface area contributed by atoms with Gasteiger partial charge in [-0.1, -0.05) is 0 Å². The van der Waals surface area contributed by atoms with Crippen LogP contribution in [-0.2, 0) is 4.74 Å². The van der Waals surface area contributed by atoms with Crippen LogP contribution in [0.3, 0.4) is 0 Å². The van der Waals surface area contributed by atoms with Crippen LogP contribution in [0.1, 0.15) is 33.7 Å². The Hall–Kier alpha value is -3.15. The number of hydrogen-bond donors (Lipinski definition) is 3. The second kappa shape index (κ2) is 9.98. The van der Waals surface area contributed by atoms with Crippen molar-refractivity contribution in [3.63, 3.8) is 0 Å². The molecule has 1 aromatic carbocycles. The van der Waals surface area contributed by atoms with Crippen LogP contribution >= 0.6 is 0 Å². The molecule has 0 bridgehead atoms. The van der Waals surface area contributed by atoms with Gasteiger partial charge in [-0.05, 0) is 37.1 Å². The minimum Gasteiger partial charge on any atom is -0.379 e. The first-order valence-electron chi connectivity index (χ1n) is 10.7. The first kappa shape index (κ1) is 22.1. The minimum absolute atomic E-state index is 0.0436. The third-order valence-corrected chi connectivity index (χ3v) is 5.59. The minimum atomic E-state index is -0.730. The second-order valence-corrected chi connectivity index (χ2v) is 8.04. The number of ketones is 1. The molecule has 2 aliphatic rings. The lowest BCUT2D eigenvalue weighted by Gasteiger charge is -2.30. The molecule has 4 rings (SSSR count). The van der Waals surface area contributed by atoms with Gasteiger partial charge in [0.05, 0.1) is 19.8 Å². The number of carbonyl (C=O) groups excluding carboxylic acids is 2. The quantitative estimate of drug-likeness (QED) is 0.507. The van der Waals surface area contributed by atoms with E-state index in [2.05, 4.69) is 25.4 Å². The maximum Gasteiger partial charge on any atom is 0.273 e. The zero-order chi connectivity index (χ0) is 22.5. The molecule has 11 nitrogen and oxygen atoms in total. The molecule has 2 fully saturated rings. The van der Waals surface area contributed by atoms with Crippen molar-refractivity contribution in [2.75, 3.05) is 56.2 Å². The number of aromatic nitrogens is 3. The van der Waals surface area contributed by atoms with Crippen molar-refractivity contribution in [2.24, 2.45) is 11.5 Å². The number of amides is 1. The lowest BCUT2D eigenvalue weighted by molar-refractivity contribution is 0.0371. The predicted molar refractivity (Wildman–Crippen MR) is 119 cm³/mol. The third-order valence-electron chi connectivity index (χ3n) is 5.59. The van der Waals surface area contributed by atoms with Crippen molar-refractivity contribution in [2.45, 2.75) is 18.9 Å². The van der Waals surface area contributed by atoms with Crippen LogP contribution in [0.2, 0.25) is 0 Å². The molecule has 1 atom stereocenters. The molecule has 1 aromatic heterocycles. The zero-order valence-corrected chi connectivity index (χ0v) is 17.9. The molecule has 2 saturated heterocycles. The summed E-state index contributed by atoms with van der Waals surface area (Å²) in [4.78, 5) is 32.9. The fourth-order valence-corrected chi connectivity index (χ4v) is 3.83.